The number of anilines is 1. The van der Waals surface area contributed by atoms with Gasteiger partial charge < -0.3 is 11.1 Å². The van der Waals surface area contributed by atoms with E-state index in [-0.39, 0.29) is 5.91 Å². The van der Waals surface area contributed by atoms with Crippen LogP contribution in [0.25, 0.3) is 5.69 Å². The maximum Gasteiger partial charge on any atom is 0.252 e. The van der Waals surface area contributed by atoms with Gasteiger partial charge >= 0.3 is 0 Å². The molecule has 0 spiro atoms. The van der Waals surface area contributed by atoms with Crippen molar-refractivity contribution in [1.29, 1.82) is 5.26 Å². The van der Waals surface area contributed by atoms with E-state index in [9.17, 15) is 10.1 Å². The minimum absolute atomic E-state index is 0.281. The SMILES string of the molecule is N#Cc1c(CCCNC(=O)c2ccc(Cl)cc2Cl)nn(-c2ccccc2)c1N. The highest BCUT2D eigenvalue weighted by atomic mass is 35.5. The molecule has 0 aliphatic rings. The molecule has 1 aromatic heterocycles. The molecule has 0 atom stereocenters. The van der Waals surface area contributed by atoms with Gasteiger partial charge in [0.25, 0.3) is 5.91 Å². The summed E-state index contributed by atoms with van der Waals surface area (Å²) in [5.74, 6) is 0.0252. The van der Waals surface area contributed by atoms with Crippen molar-refractivity contribution in [1.82, 2.24) is 15.1 Å². The lowest BCUT2D eigenvalue weighted by atomic mass is 10.1. The van der Waals surface area contributed by atoms with Crippen molar-refractivity contribution in [2.75, 3.05) is 12.3 Å². The van der Waals surface area contributed by atoms with Gasteiger partial charge in [0.15, 0.2) is 0 Å². The van der Waals surface area contributed by atoms with E-state index in [1.807, 2.05) is 30.3 Å². The molecule has 0 aliphatic heterocycles. The standard InChI is InChI=1S/C20H17Cl2N5O/c21-13-8-9-15(17(22)11-13)20(28)25-10-4-7-18-16(12-23)19(24)27(26-18)14-5-2-1-3-6-14/h1-3,5-6,8-9,11H,4,7,10,24H2,(H,25,28). The number of para-hydroxylation sites is 1. The first-order chi connectivity index (χ1) is 13.5. The molecule has 0 fully saturated rings. The summed E-state index contributed by atoms with van der Waals surface area (Å²) in [5.41, 5.74) is 8.19. The summed E-state index contributed by atoms with van der Waals surface area (Å²) in [5, 5.41) is 17.5. The van der Waals surface area contributed by atoms with Gasteiger partial charge in [-0.3, -0.25) is 4.79 Å². The zero-order chi connectivity index (χ0) is 20.1. The number of aryl methyl sites for hydroxylation is 1. The fraction of sp³-hybridized carbons (Fsp3) is 0.150. The normalized spacial score (nSPS) is 10.5. The van der Waals surface area contributed by atoms with Crippen LogP contribution in [0.3, 0.4) is 0 Å². The van der Waals surface area contributed by atoms with Crippen LogP contribution in [0.5, 0.6) is 0 Å². The Bertz CT molecular complexity index is 1040. The molecule has 28 heavy (non-hydrogen) atoms. The predicted octanol–water partition coefficient (Wildman–Crippen LogP) is 4.00. The molecule has 1 amide bonds. The van der Waals surface area contributed by atoms with Gasteiger partial charge in [0.1, 0.15) is 17.5 Å². The van der Waals surface area contributed by atoms with E-state index in [0.29, 0.717) is 52.1 Å². The molecule has 0 radical (unpaired) electrons. The minimum atomic E-state index is -0.281. The number of carbonyl (C=O) groups is 1. The first-order valence-corrected chi connectivity index (χ1v) is 9.33. The molecule has 0 bridgehead atoms. The quantitative estimate of drug-likeness (QED) is 0.596. The summed E-state index contributed by atoms with van der Waals surface area (Å²) < 4.78 is 1.56. The van der Waals surface area contributed by atoms with Crippen molar-refractivity contribution in [3.05, 3.63) is 75.4 Å². The number of nitrogens with zero attached hydrogens (tertiary/aromatic N) is 3. The highest BCUT2D eigenvalue weighted by Gasteiger charge is 2.16. The van der Waals surface area contributed by atoms with Gasteiger partial charge in [0.2, 0.25) is 0 Å². The third kappa shape index (κ3) is 4.28. The number of hydrogen-bond donors (Lipinski definition) is 2. The zero-order valence-corrected chi connectivity index (χ0v) is 16.3. The van der Waals surface area contributed by atoms with E-state index in [0.717, 1.165) is 5.69 Å². The lowest BCUT2D eigenvalue weighted by Crippen LogP contribution is -2.25. The second kappa shape index (κ2) is 8.79. The number of nitrogens with one attached hydrogen (secondary N) is 1. The van der Waals surface area contributed by atoms with Crippen molar-refractivity contribution >= 4 is 34.9 Å². The number of halogens is 2. The molecule has 3 aromatic rings. The van der Waals surface area contributed by atoms with Gasteiger partial charge in [-0.25, -0.2) is 4.68 Å². The lowest BCUT2D eigenvalue weighted by Gasteiger charge is -2.06. The van der Waals surface area contributed by atoms with E-state index in [4.69, 9.17) is 28.9 Å². The van der Waals surface area contributed by atoms with E-state index in [1.165, 1.54) is 6.07 Å². The Labute approximate surface area is 172 Å². The second-order valence-electron chi connectivity index (χ2n) is 6.05. The molecule has 0 unspecified atom stereocenters. The van der Waals surface area contributed by atoms with Crippen LogP contribution in [0.2, 0.25) is 10.0 Å². The van der Waals surface area contributed by atoms with Crippen LogP contribution < -0.4 is 11.1 Å². The van der Waals surface area contributed by atoms with Gasteiger partial charge in [-0.2, -0.15) is 10.4 Å². The Morgan fingerprint density at radius 1 is 1.21 bits per heavy atom. The van der Waals surface area contributed by atoms with E-state index in [2.05, 4.69) is 16.5 Å². The van der Waals surface area contributed by atoms with Crippen LogP contribution >= 0.6 is 23.2 Å². The van der Waals surface area contributed by atoms with E-state index < -0.39 is 0 Å². The van der Waals surface area contributed by atoms with E-state index >= 15 is 0 Å². The fourth-order valence-corrected chi connectivity index (χ4v) is 3.26. The first-order valence-electron chi connectivity index (χ1n) is 8.57. The Morgan fingerprint density at radius 3 is 2.64 bits per heavy atom. The van der Waals surface area contributed by atoms with Gasteiger partial charge in [0.05, 0.1) is 22.0 Å². The van der Waals surface area contributed by atoms with Gasteiger partial charge in [-0.15, -0.1) is 0 Å². The second-order valence-corrected chi connectivity index (χ2v) is 6.89. The minimum Gasteiger partial charge on any atom is -0.382 e. The molecular formula is C20H17Cl2N5O. The Balaban J connectivity index is 1.64. The molecule has 8 heteroatoms. The average Bonchev–Trinajstić information content (AvgIpc) is 3.01. The summed E-state index contributed by atoms with van der Waals surface area (Å²) in [6.07, 6.45) is 1.10. The van der Waals surface area contributed by atoms with Crippen molar-refractivity contribution in [3.8, 4) is 11.8 Å². The van der Waals surface area contributed by atoms with Crippen molar-refractivity contribution < 1.29 is 4.79 Å². The van der Waals surface area contributed by atoms with Crippen LogP contribution in [-0.2, 0) is 6.42 Å². The highest BCUT2D eigenvalue weighted by Crippen LogP contribution is 2.22. The monoisotopic (exact) mass is 413 g/mol. The molecule has 3 N–H and O–H groups in total. The fourth-order valence-electron chi connectivity index (χ4n) is 2.77. The van der Waals surface area contributed by atoms with Crippen molar-refractivity contribution in [3.63, 3.8) is 0 Å². The smallest absolute Gasteiger partial charge is 0.252 e. The number of rotatable bonds is 6. The lowest BCUT2D eigenvalue weighted by molar-refractivity contribution is 0.0953. The first kappa shape index (κ1) is 19.7. The summed E-state index contributed by atoms with van der Waals surface area (Å²) in [6, 6.07) is 16.2. The topological polar surface area (TPSA) is 96.7 Å². The van der Waals surface area contributed by atoms with Crippen LogP contribution in [0.1, 0.15) is 28.0 Å². The van der Waals surface area contributed by atoms with Crippen LogP contribution in [0.4, 0.5) is 5.82 Å². The van der Waals surface area contributed by atoms with Gasteiger partial charge in [-0.05, 0) is 43.2 Å². The Kier molecular flexibility index (Phi) is 6.19. The van der Waals surface area contributed by atoms with Gasteiger partial charge in [-0.1, -0.05) is 41.4 Å². The number of nitrogen functional groups attached to an aromatic ring is 1. The maximum absolute atomic E-state index is 12.2. The molecule has 6 nitrogen and oxygen atoms in total. The number of benzene rings is 2. The average molecular weight is 414 g/mol. The molecule has 3 rings (SSSR count). The number of carbonyl (C=O) groups excluding carboxylic acids is 1. The largest absolute Gasteiger partial charge is 0.382 e. The summed E-state index contributed by atoms with van der Waals surface area (Å²) in [7, 11) is 0. The molecule has 142 valence electrons. The van der Waals surface area contributed by atoms with Crippen LogP contribution in [0, 0.1) is 11.3 Å². The summed E-state index contributed by atoms with van der Waals surface area (Å²) in [4.78, 5) is 12.2. The van der Waals surface area contributed by atoms with Crippen LogP contribution in [-0.4, -0.2) is 22.2 Å². The molecule has 0 saturated carbocycles. The third-order valence-corrected chi connectivity index (χ3v) is 4.71. The summed E-state index contributed by atoms with van der Waals surface area (Å²) >= 11 is 11.9. The summed E-state index contributed by atoms with van der Waals surface area (Å²) in [6.45, 7) is 0.404. The Hall–Kier alpha value is -3.01. The molecule has 2 aromatic carbocycles. The number of nitriles is 1. The maximum atomic E-state index is 12.2. The molecular weight excluding hydrogens is 397 g/mol. The third-order valence-electron chi connectivity index (χ3n) is 4.16. The Morgan fingerprint density at radius 2 is 1.96 bits per heavy atom. The van der Waals surface area contributed by atoms with E-state index in [1.54, 1.807) is 16.8 Å². The molecule has 0 saturated heterocycles. The predicted molar refractivity (Wildman–Crippen MR) is 110 cm³/mol. The van der Waals surface area contributed by atoms with Crippen molar-refractivity contribution in [2.45, 2.75) is 12.8 Å². The number of amides is 1. The van der Waals surface area contributed by atoms with Crippen molar-refractivity contribution in [2.24, 2.45) is 0 Å². The zero-order valence-electron chi connectivity index (χ0n) is 14.8. The number of aromatic nitrogens is 2. The van der Waals surface area contributed by atoms with Gasteiger partial charge in [0, 0.05) is 11.6 Å². The van der Waals surface area contributed by atoms with Crippen LogP contribution in [0.15, 0.2) is 48.5 Å². The number of hydrogen-bond acceptors (Lipinski definition) is 4. The molecule has 0 aliphatic carbocycles. The highest BCUT2D eigenvalue weighted by molar-refractivity contribution is 6.36. The number of nitrogens with two attached hydrogens (primary N) is 1. The molecule has 1 heterocycles.